The highest BCUT2D eigenvalue weighted by atomic mass is 16.7. The van der Waals surface area contributed by atoms with E-state index in [2.05, 4.69) is 15.3 Å². The van der Waals surface area contributed by atoms with E-state index in [1.54, 1.807) is 29.8 Å². The Morgan fingerprint density at radius 1 is 1.21 bits per heavy atom. The predicted octanol–water partition coefficient (Wildman–Crippen LogP) is 3.88. The van der Waals surface area contributed by atoms with Crippen LogP contribution >= 0.6 is 0 Å². The second-order valence-corrected chi connectivity index (χ2v) is 8.49. The Hall–Kier alpha value is -3.82. The molecular weight excluding hydrogens is 434 g/mol. The maximum atomic E-state index is 13.0. The first-order valence-corrected chi connectivity index (χ1v) is 11.0. The normalized spacial score (nSPS) is 17.1. The number of aryl methyl sites for hydroxylation is 1. The van der Waals surface area contributed by atoms with Crippen molar-refractivity contribution in [1.29, 1.82) is 0 Å². The van der Waals surface area contributed by atoms with Crippen molar-refractivity contribution in [3.63, 3.8) is 0 Å². The van der Waals surface area contributed by atoms with Crippen LogP contribution in [0.15, 0.2) is 60.8 Å². The van der Waals surface area contributed by atoms with Crippen molar-refractivity contribution in [3.8, 4) is 17.0 Å². The molecule has 1 fully saturated rings. The number of benzene rings is 1. The number of rotatable bonds is 6. The average molecular weight is 460 g/mol. The molecule has 0 unspecified atom stereocenters. The molecule has 0 radical (unpaired) electrons. The zero-order valence-corrected chi connectivity index (χ0v) is 19.2. The largest absolute Gasteiger partial charge is 0.491 e. The SMILES string of the molecule is Cc1nc2ccc(-c3cccc(OC[C@H]4COC(C)(C)O4)c3)nn2c1C(=O)Nc1ccccn1. The molecule has 9 heteroatoms. The van der Waals surface area contributed by atoms with Gasteiger partial charge in [-0.15, -0.1) is 0 Å². The Labute approximate surface area is 196 Å². The topological polar surface area (TPSA) is 99.9 Å². The summed E-state index contributed by atoms with van der Waals surface area (Å²) in [5.41, 5.74) is 3.06. The van der Waals surface area contributed by atoms with Crippen molar-refractivity contribution >= 4 is 17.4 Å². The van der Waals surface area contributed by atoms with E-state index in [0.29, 0.717) is 47.5 Å². The monoisotopic (exact) mass is 459 g/mol. The predicted molar refractivity (Wildman–Crippen MR) is 126 cm³/mol. The number of amides is 1. The van der Waals surface area contributed by atoms with Gasteiger partial charge in [0.05, 0.1) is 18.0 Å². The Balaban J connectivity index is 1.38. The van der Waals surface area contributed by atoms with Gasteiger partial charge in [-0.3, -0.25) is 4.79 Å². The van der Waals surface area contributed by atoms with E-state index in [1.807, 2.05) is 56.3 Å². The van der Waals surface area contributed by atoms with Gasteiger partial charge in [-0.1, -0.05) is 18.2 Å². The van der Waals surface area contributed by atoms with E-state index in [4.69, 9.17) is 19.3 Å². The Morgan fingerprint density at radius 3 is 2.85 bits per heavy atom. The van der Waals surface area contributed by atoms with E-state index in [0.717, 1.165) is 5.56 Å². The molecule has 4 aromatic rings. The van der Waals surface area contributed by atoms with E-state index in [-0.39, 0.29) is 12.0 Å². The molecule has 0 aliphatic carbocycles. The third kappa shape index (κ3) is 4.61. The van der Waals surface area contributed by atoms with Crippen LogP contribution < -0.4 is 10.1 Å². The molecule has 174 valence electrons. The molecule has 34 heavy (non-hydrogen) atoms. The van der Waals surface area contributed by atoms with Crippen LogP contribution in [0, 0.1) is 6.92 Å². The van der Waals surface area contributed by atoms with Gasteiger partial charge in [0.25, 0.3) is 5.91 Å². The van der Waals surface area contributed by atoms with Crippen molar-refractivity contribution in [3.05, 3.63) is 72.2 Å². The Kier molecular flexibility index (Phi) is 5.72. The first-order chi connectivity index (χ1) is 16.4. The van der Waals surface area contributed by atoms with Crippen LogP contribution in [0.2, 0.25) is 0 Å². The molecule has 1 atom stereocenters. The molecule has 5 rings (SSSR count). The average Bonchev–Trinajstić information content (AvgIpc) is 3.35. The van der Waals surface area contributed by atoms with Crippen molar-refractivity contribution in [1.82, 2.24) is 19.6 Å². The van der Waals surface area contributed by atoms with Crippen molar-refractivity contribution in [2.24, 2.45) is 0 Å². The van der Waals surface area contributed by atoms with Crippen LogP contribution in [0.3, 0.4) is 0 Å². The molecular formula is C25H25N5O4. The molecule has 1 aliphatic heterocycles. The molecule has 0 spiro atoms. The second-order valence-electron chi connectivity index (χ2n) is 8.49. The summed E-state index contributed by atoms with van der Waals surface area (Å²) in [5.74, 6) is 0.247. The summed E-state index contributed by atoms with van der Waals surface area (Å²) in [5, 5.41) is 7.50. The van der Waals surface area contributed by atoms with Crippen LogP contribution in [-0.2, 0) is 9.47 Å². The van der Waals surface area contributed by atoms with E-state index < -0.39 is 5.79 Å². The van der Waals surface area contributed by atoms with Gasteiger partial charge in [0.1, 0.15) is 24.3 Å². The fourth-order valence-electron chi connectivity index (χ4n) is 3.85. The molecule has 1 amide bonds. The third-order valence-electron chi connectivity index (χ3n) is 5.41. The lowest BCUT2D eigenvalue weighted by atomic mass is 10.1. The molecule has 0 saturated carbocycles. The Morgan fingerprint density at radius 2 is 2.09 bits per heavy atom. The zero-order chi connectivity index (χ0) is 23.7. The van der Waals surface area contributed by atoms with Crippen molar-refractivity contribution in [2.45, 2.75) is 32.7 Å². The highest BCUT2D eigenvalue weighted by Gasteiger charge is 2.33. The summed E-state index contributed by atoms with van der Waals surface area (Å²) in [6, 6.07) is 16.7. The molecule has 1 aromatic carbocycles. The number of carbonyl (C=O) groups excluding carboxylic acids is 1. The number of aromatic nitrogens is 4. The van der Waals surface area contributed by atoms with Crippen molar-refractivity contribution in [2.75, 3.05) is 18.5 Å². The standard InChI is InChI=1S/C25H25N5O4/c1-16-23(24(31)28-21-9-4-5-12-26-21)30-22(27-16)11-10-20(29-30)17-7-6-8-18(13-17)32-14-19-15-33-25(2,3)34-19/h4-13,19H,14-15H2,1-3H3,(H,26,28,31)/t19-/m0/s1. The summed E-state index contributed by atoms with van der Waals surface area (Å²) in [4.78, 5) is 21.6. The number of hydrogen-bond acceptors (Lipinski definition) is 7. The molecule has 1 aliphatic rings. The smallest absolute Gasteiger partial charge is 0.277 e. The Bertz CT molecular complexity index is 1340. The summed E-state index contributed by atoms with van der Waals surface area (Å²) in [7, 11) is 0. The summed E-state index contributed by atoms with van der Waals surface area (Å²) >= 11 is 0. The number of nitrogens with zero attached hydrogens (tertiary/aromatic N) is 4. The summed E-state index contributed by atoms with van der Waals surface area (Å²) < 4.78 is 18.9. The maximum absolute atomic E-state index is 13.0. The minimum atomic E-state index is -0.585. The number of ether oxygens (including phenoxy) is 3. The minimum Gasteiger partial charge on any atom is -0.491 e. The number of imidazole rings is 1. The minimum absolute atomic E-state index is 0.123. The first kappa shape index (κ1) is 22.0. The van der Waals surface area contributed by atoms with E-state index in [9.17, 15) is 4.79 Å². The van der Waals surface area contributed by atoms with Crippen LogP contribution in [0.5, 0.6) is 5.75 Å². The second kappa shape index (κ2) is 8.85. The number of pyridine rings is 1. The number of anilines is 1. The van der Waals surface area contributed by atoms with Gasteiger partial charge in [0.15, 0.2) is 17.1 Å². The lowest BCUT2D eigenvalue weighted by Crippen LogP contribution is -2.25. The fourth-order valence-corrected chi connectivity index (χ4v) is 3.85. The van der Waals surface area contributed by atoms with Crippen LogP contribution in [0.25, 0.3) is 16.9 Å². The van der Waals surface area contributed by atoms with Crippen LogP contribution in [-0.4, -0.2) is 50.6 Å². The number of fused-ring (bicyclic) bond motifs is 1. The lowest BCUT2D eigenvalue weighted by molar-refractivity contribution is -0.141. The number of carbonyl (C=O) groups is 1. The van der Waals surface area contributed by atoms with E-state index >= 15 is 0 Å². The summed E-state index contributed by atoms with van der Waals surface area (Å²) in [6.45, 7) is 6.44. The molecule has 4 heterocycles. The number of nitrogens with one attached hydrogen (secondary N) is 1. The summed E-state index contributed by atoms with van der Waals surface area (Å²) in [6.07, 6.45) is 1.50. The fraction of sp³-hybridized carbons (Fsp3) is 0.280. The highest BCUT2D eigenvalue weighted by Crippen LogP contribution is 2.26. The van der Waals surface area contributed by atoms with Gasteiger partial charge in [-0.25, -0.2) is 14.5 Å². The quantitative estimate of drug-likeness (QED) is 0.467. The lowest BCUT2D eigenvalue weighted by Gasteiger charge is -2.17. The van der Waals surface area contributed by atoms with Gasteiger partial charge >= 0.3 is 0 Å². The van der Waals surface area contributed by atoms with Gasteiger partial charge in [0.2, 0.25) is 0 Å². The van der Waals surface area contributed by atoms with Crippen LogP contribution in [0.4, 0.5) is 5.82 Å². The molecule has 3 aromatic heterocycles. The van der Waals surface area contributed by atoms with Gasteiger partial charge in [-0.05, 0) is 57.2 Å². The third-order valence-corrected chi connectivity index (χ3v) is 5.41. The van der Waals surface area contributed by atoms with Crippen molar-refractivity contribution < 1.29 is 19.0 Å². The highest BCUT2D eigenvalue weighted by molar-refractivity contribution is 6.03. The molecule has 1 N–H and O–H groups in total. The van der Waals surface area contributed by atoms with Gasteiger partial charge in [-0.2, -0.15) is 5.10 Å². The van der Waals surface area contributed by atoms with Crippen LogP contribution in [0.1, 0.15) is 30.0 Å². The number of hydrogen-bond donors (Lipinski definition) is 1. The zero-order valence-electron chi connectivity index (χ0n) is 19.2. The molecule has 0 bridgehead atoms. The molecule has 9 nitrogen and oxygen atoms in total. The van der Waals surface area contributed by atoms with E-state index in [1.165, 1.54) is 0 Å². The van der Waals surface area contributed by atoms with Gasteiger partial charge in [0, 0.05) is 11.8 Å². The molecule has 1 saturated heterocycles. The van der Waals surface area contributed by atoms with Gasteiger partial charge < -0.3 is 19.5 Å². The first-order valence-electron chi connectivity index (χ1n) is 11.0. The maximum Gasteiger partial charge on any atom is 0.277 e.